The number of benzene rings is 4. The molecule has 0 fully saturated rings. The molecule has 8 heteroatoms. The van der Waals surface area contributed by atoms with Crippen molar-refractivity contribution < 1.29 is 24.0 Å². The third kappa shape index (κ3) is 4.12. The van der Waals surface area contributed by atoms with Crippen LogP contribution in [0.2, 0.25) is 0 Å². The Morgan fingerprint density at radius 2 is 1.36 bits per heavy atom. The zero-order valence-corrected chi connectivity index (χ0v) is 18.7. The lowest BCUT2D eigenvalue weighted by atomic mass is 10.0. The van der Waals surface area contributed by atoms with Crippen LogP contribution >= 0.6 is 0 Å². The maximum atomic E-state index is 13.2. The number of non-ortho nitro benzene ring substituents is 1. The minimum Gasteiger partial charge on any atom is -0.449 e. The van der Waals surface area contributed by atoms with Crippen LogP contribution in [0.15, 0.2) is 103 Å². The first-order valence-corrected chi connectivity index (χ1v) is 11.0. The summed E-state index contributed by atoms with van der Waals surface area (Å²) in [5.74, 6) is -1.96. The molecule has 0 radical (unpaired) electrons. The number of nitro groups is 1. The number of imide groups is 1. The van der Waals surface area contributed by atoms with E-state index in [2.05, 4.69) is 0 Å². The first kappa shape index (κ1) is 22.7. The smallest absolute Gasteiger partial charge is 0.339 e. The highest BCUT2D eigenvalue weighted by atomic mass is 16.6. The Morgan fingerprint density at radius 1 is 0.750 bits per heavy atom. The molecule has 4 aromatic carbocycles. The first-order valence-electron chi connectivity index (χ1n) is 11.0. The number of nitro benzene ring substituents is 1. The minimum absolute atomic E-state index is 0.0249. The van der Waals surface area contributed by atoms with Crippen LogP contribution < -0.4 is 4.90 Å². The van der Waals surface area contributed by atoms with Gasteiger partial charge in [0.1, 0.15) is 0 Å². The average Bonchev–Trinajstić information content (AvgIpc) is 3.17. The van der Waals surface area contributed by atoms with E-state index in [4.69, 9.17) is 4.74 Å². The van der Waals surface area contributed by atoms with Crippen molar-refractivity contribution in [3.05, 3.63) is 141 Å². The number of ether oxygens (including phenoxy) is 1. The standard InChI is InChI=1S/C28H18N2O6/c31-26-23-15-14-20(16-24(23)27(32)29(26)21-12-7-13-22(17-21)30(34)35)28(33)36-25(18-8-3-1-4-9-18)19-10-5-2-6-11-19/h1-17,25H. The predicted octanol–water partition coefficient (Wildman–Crippen LogP) is 5.34. The maximum absolute atomic E-state index is 13.2. The highest BCUT2D eigenvalue weighted by Crippen LogP contribution is 2.32. The van der Waals surface area contributed by atoms with Crippen molar-refractivity contribution in [2.45, 2.75) is 6.10 Å². The molecule has 36 heavy (non-hydrogen) atoms. The van der Waals surface area contributed by atoms with Crippen LogP contribution in [0.4, 0.5) is 11.4 Å². The van der Waals surface area contributed by atoms with E-state index >= 15 is 0 Å². The SMILES string of the molecule is O=C(OC(c1ccccc1)c1ccccc1)c1ccc2c(c1)C(=O)N(c1cccc([N+](=O)[O-])c1)C2=O. The Labute approximate surface area is 205 Å². The molecular weight excluding hydrogens is 460 g/mol. The molecule has 0 spiro atoms. The number of rotatable bonds is 6. The first-order chi connectivity index (χ1) is 17.4. The number of hydrogen-bond donors (Lipinski definition) is 0. The van der Waals surface area contributed by atoms with E-state index in [0.29, 0.717) is 0 Å². The van der Waals surface area contributed by atoms with Gasteiger partial charge in [0.05, 0.1) is 27.3 Å². The van der Waals surface area contributed by atoms with Crippen molar-refractivity contribution >= 4 is 29.2 Å². The highest BCUT2D eigenvalue weighted by Gasteiger charge is 2.38. The Kier molecular flexibility index (Phi) is 5.83. The Balaban J connectivity index is 1.45. The van der Waals surface area contributed by atoms with Crippen molar-refractivity contribution in [1.82, 2.24) is 0 Å². The van der Waals surface area contributed by atoms with Gasteiger partial charge in [-0.3, -0.25) is 19.7 Å². The van der Waals surface area contributed by atoms with Gasteiger partial charge in [-0.15, -0.1) is 0 Å². The fraction of sp³-hybridized carbons (Fsp3) is 0.0357. The maximum Gasteiger partial charge on any atom is 0.339 e. The number of carbonyl (C=O) groups excluding carboxylic acids is 3. The van der Waals surface area contributed by atoms with E-state index < -0.39 is 28.8 Å². The molecule has 8 nitrogen and oxygen atoms in total. The molecule has 0 unspecified atom stereocenters. The number of amides is 2. The van der Waals surface area contributed by atoms with Crippen molar-refractivity contribution in [3.8, 4) is 0 Å². The van der Waals surface area contributed by atoms with Crippen LogP contribution in [-0.2, 0) is 4.74 Å². The van der Waals surface area contributed by atoms with E-state index in [9.17, 15) is 24.5 Å². The summed E-state index contributed by atoms with van der Waals surface area (Å²) in [4.78, 5) is 50.6. The summed E-state index contributed by atoms with van der Waals surface area (Å²) in [6.45, 7) is 0. The molecule has 0 N–H and O–H groups in total. The molecule has 0 bridgehead atoms. The lowest BCUT2D eigenvalue weighted by Gasteiger charge is -2.19. The molecule has 0 aromatic heterocycles. The normalized spacial score (nSPS) is 12.5. The number of fused-ring (bicyclic) bond motifs is 1. The number of hydrogen-bond acceptors (Lipinski definition) is 6. The fourth-order valence-corrected chi connectivity index (χ4v) is 4.11. The van der Waals surface area contributed by atoms with E-state index in [1.54, 1.807) is 0 Å². The molecule has 1 aliphatic heterocycles. The number of nitrogens with zero attached hydrogens (tertiary/aromatic N) is 2. The second kappa shape index (κ2) is 9.27. The van der Waals surface area contributed by atoms with Crippen LogP contribution in [-0.4, -0.2) is 22.7 Å². The van der Waals surface area contributed by atoms with E-state index in [1.807, 2.05) is 60.7 Å². The monoisotopic (exact) mass is 478 g/mol. The molecule has 4 aromatic rings. The summed E-state index contributed by atoms with van der Waals surface area (Å²) < 4.78 is 5.86. The van der Waals surface area contributed by atoms with Gasteiger partial charge in [0.25, 0.3) is 17.5 Å². The summed E-state index contributed by atoms with van der Waals surface area (Å²) >= 11 is 0. The van der Waals surface area contributed by atoms with E-state index in [0.717, 1.165) is 22.1 Å². The van der Waals surface area contributed by atoms with Crippen molar-refractivity contribution in [3.63, 3.8) is 0 Å². The lowest BCUT2D eigenvalue weighted by Crippen LogP contribution is -2.29. The lowest BCUT2D eigenvalue weighted by molar-refractivity contribution is -0.384. The van der Waals surface area contributed by atoms with Gasteiger partial charge < -0.3 is 4.74 Å². The second-order valence-electron chi connectivity index (χ2n) is 8.09. The molecule has 0 atom stereocenters. The van der Waals surface area contributed by atoms with Gasteiger partial charge in [-0.05, 0) is 35.4 Å². The van der Waals surface area contributed by atoms with Crippen LogP contribution in [0.1, 0.15) is 48.3 Å². The fourth-order valence-electron chi connectivity index (χ4n) is 4.11. The Hall–Kier alpha value is -5.11. The number of esters is 1. The van der Waals surface area contributed by atoms with Crippen molar-refractivity contribution in [1.29, 1.82) is 0 Å². The zero-order valence-electron chi connectivity index (χ0n) is 18.7. The third-order valence-electron chi connectivity index (χ3n) is 5.85. The number of anilines is 1. The molecule has 2 amide bonds. The molecule has 176 valence electrons. The topological polar surface area (TPSA) is 107 Å². The Morgan fingerprint density at radius 3 is 1.97 bits per heavy atom. The predicted molar refractivity (Wildman–Crippen MR) is 131 cm³/mol. The second-order valence-corrected chi connectivity index (χ2v) is 8.09. The summed E-state index contributed by atoms with van der Waals surface area (Å²) in [6.07, 6.45) is -0.674. The average molecular weight is 478 g/mol. The molecule has 1 heterocycles. The largest absolute Gasteiger partial charge is 0.449 e. The molecule has 1 aliphatic rings. The van der Waals surface area contributed by atoms with Crippen molar-refractivity contribution in [2.24, 2.45) is 0 Å². The third-order valence-corrected chi connectivity index (χ3v) is 5.85. The van der Waals surface area contributed by atoms with Gasteiger partial charge in [-0.2, -0.15) is 0 Å². The molecular formula is C28H18N2O6. The molecule has 0 aliphatic carbocycles. The van der Waals surface area contributed by atoms with Crippen LogP contribution in [0, 0.1) is 10.1 Å². The summed E-state index contributed by atoms with van der Waals surface area (Å²) in [5.41, 5.74) is 1.62. The zero-order chi connectivity index (χ0) is 25.2. The minimum atomic E-state index is -0.674. The quantitative estimate of drug-likeness (QED) is 0.160. The summed E-state index contributed by atoms with van der Waals surface area (Å²) in [6, 6.07) is 27.9. The van der Waals surface area contributed by atoms with Gasteiger partial charge in [-0.1, -0.05) is 66.7 Å². The van der Waals surface area contributed by atoms with Gasteiger partial charge in [0, 0.05) is 12.1 Å². The van der Waals surface area contributed by atoms with E-state index in [1.165, 1.54) is 36.4 Å². The van der Waals surface area contributed by atoms with Crippen LogP contribution in [0.5, 0.6) is 0 Å². The van der Waals surface area contributed by atoms with Gasteiger partial charge in [0.15, 0.2) is 6.10 Å². The molecule has 0 saturated carbocycles. The summed E-state index contributed by atoms with van der Waals surface area (Å²) in [7, 11) is 0. The molecule has 0 saturated heterocycles. The number of carbonyl (C=O) groups is 3. The molecule has 5 rings (SSSR count). The van der Waals surface area contributed by atoms with Crippen LogP contribution in [0.3, 0.4) is 0 Å². The van der Waals surface area contributed by atoms with E-state index in [-0.39, 0.29) is 28.1 Å². The van der Waals surface area contributed by atoms with Gasteiger partial charge in [0.2, 0.25) is 0 Å². The van der Waals surface area contributed by atoms with Gasteiger partial charge >= 0.3 is 5.97 Å². The Bertz CT molecular complexity index is 1460. The van der Waals surface area contributed by atoms with Crippen molar-refractivity contribution in [2.75, 3.05) is 4.90 Å². The highest BCUT2D eigenvalue weighted by molar-refractivity contribution is 6.34. The van der Waals surface area contributed by atoms with Gasteiger partial charge in [-0.25, -0.2) is 9.69 Å². The van der Waals surface area contributed by atoms with Crippen LogP contribution in [0.25, 0.3) is 0 Å². The summed E-state index contributed by atoms with van der Waals surface area (Å²) in [5, 5.41) is 11.1.